The largest absolute Gasteiger partial charge is 0.490 e. The summed E-state index contributed by atoms with van der Waals surface area (Å²) in [4.78, 5) is 0. The third kappa shape index (κ3) is 4.96. The molecule has 0 bridgehead atoms. The van der Waals surface area contributed by atoms with E-state index in [4.69, 9.17) is 9.47 Å². The van der Waals surface area contributed by atoms with Crippen LogP contribution in [0.15, 0.2) is 54.6 Å². The van der Waals surface area contributed by atoms with Crippen molar-refractivity contribution >= 4 is 0 Å². The topological polar surface area (TPSA) is 18.5 Å². The maximum atomic E-state index is 5.72. The molecule has 2 rings (SSSR count). The number of hydrogen-bond donors (Lipinski definition) is 0. The Balaban J connectivity index is 1.76. The summed E-state index contributed by atoms with van der Waals surface area (Å²) in [5.74, 6) is 2.45. The quantitative estimate of drug-likeness (QED) is 0.697. The molecule has 0 amide bonds. The number of benzene rings is 2. The minimum absolute atomic E-state index is 0.554. The third-order valence-electron chi connectivity index (χ3n) is 2.91. The molecule has 2 aromatic carbocycles. The van der Waals surface area contributed by atoms with Gasteiger partial charge in [-0.3, -0.25) is 0 Å². The van der Waals surface area contributed by atoms with E-state index in [1.807, 2.05) is 42.5 Å². The van der Waals surface area contributed by atoms with Crippen molar-refractivity contribution in [2.75, 3.05) is 13.2 Å². The van der Waals surface area contributed by atoms with Gasteiger partial charge >= 0.3 is 0 Å². The van der Waals surface area contributed by atoms with E-state index in [0.29, 0.717) is 19.1 Å². The van der Waals surface area contributed by atoms with Gasteiger partial charge in [0.1, 0.15) is 24.7 Å². The highest BCUT2D eigenvalue weighted by Gasteiger charge is 2.00. The summed E-state index contributed by atoms with van der Waals surface area (Å²) in [6, 6.07) is 18.1. The standard InChI is InChI=1S/C18H22O2/c1-15(2)13-16-7-6-10-18(14-16)20-12-11-19-17-8-4-3-5-9-17/h3-10,14-15H,11-13H2,1-2H3. The molecule has 2 heteroatoms. The maximum absolute atomic E-state index is 5.72. The van der Waals surface area contributed by atoms with Crippen LogP contribution in [0.25, 0.3) is 0 Å². The van der Waals surface area contributed by atoms with Gasteiger partial charge in [0.15, 0.2) is 0 Å². The molecule has 0 aliphatic rings. The first-order chi connectivity index (χ1) is 9.74. The molecular weight excluding hydrogens is 248 g/mol. The van der Waals surface area contributed by atoms with Gasteiger partial charge in [-0.05, 0) is 42.2 Å². The van der Waals surface area contributed by atoms with Gasteiger partial charge in [0, 0.05) is 0 Å². The van der Waals surface area contributed by atoms with Crippen LogP contribution < -0.4 is 9.47 Å². The summed E-state index contributed by atoms with van der Waals surface area (Å²) in [7, 11) is 0. The molecule has 0 fully saturated rings. The Morgan fingerprint density at radius 2 is 1.45 bits per heavy atom. The first kappa shape index (κ1) is 14.4. The molecule has 0 aliphatic heterocycles. The summed E-state index contributed by atoms with van der Waals surface area (Å²) in [6.45, 7) is 5.56. The van der Waals surface area contributed by atoms with E-state index < -0.39 is 0 Å². The van der Waals surface area contributed by atoms with E-state index in [1.54, 1.807) is 0 Å². The molecule has 0 radical (unpaired) electrons. The van der Waals surface area contributed by atoms with Gasteiger partial charge in [0.2, 0.25) is 0 Å². The van der Waals surface area contributed by atoms with E-state index in [2.05, 4.69) is 26.0 Å². The molecule has 0 aliphatic carbocycles. The molecule has 0 saturated heterocycles. The molecule has 106 valence electrons. The summed E-state index contributed by atoms with van der Waals surface area (Å²) in [6.07, 6.45) is 1.08. The Kier molecular flexibility index (Phi) is 5.48. The molecule has 0 saturated carbocycles. The van der Waals surface area contributed by atoms with Crippen molar-refractivity contribution < 1.29 is 9.47 Å². The van der Waals surface area contributed by atoms with Gasteiger partial charge in [-0.1, -0.05) is 44.2 Å². The van der Waals surface area contributed by atoms with Crippen molar-refractivity contribution in [2.24, 2.45) is 5.92 Å². The molecule has 0 N–H and O–H groups in total. The van der Waals surface area contributed by atoms with Gasteiger partial charge in [0.05, 0.1) is 0 Å². The normalized spacial score (nSPS) is 10.6. The van der Waals surface area contributed by atoms with E-state index in [0.717, 1.165) is 17.9 Å². The van der Waals surface area contributed by atoms with Crippen molar-refractivity contribution in [3.63, 3.8) is 0 Å². The molecule has 0 atom stereocenters. The molecular formula is C18H22O2. The fourth-order valence-electron chi connectivity index (χ4n) is 2.07. The van der Waals surface area contributed by atoms with Crippen LogP contribution in [-0.4, -0.2) is 13.2 Å². The summed E-state index contributed by atoms with van der Waals surface area (Å²) in [5, 5.41) is 0. The van der Waals surface area contributed by atoms with E-state index in [1.165, 1.54) is 5.56 Å². The molecule has 0 heterocycles. The fourth-order valence-corrected chi connectivity index (χ4v) is 2.07. The summed E-state index contributed by atoms with van der Waals surface area (Å²) in [5.41, 5.74) is 1.32. The highest BCUT2D eigenvalue weighted by atomic mass is 16.5. The van der Waals surface area contributed by atoms with Crippen molar-refractivity contribution in [2.45, 2.75) is 20.3 Å². The molecule has 2 aromatic rings. The first-order valence-corrected chi connectivity index (χ1v) is 7.13. The van der Waals surface area contributed by atoms with Crippen LogP contribution >= 0.6 is 0 Å². The Morgan fingerprint density at radius 1 is 0.800 bits per heavy atom. The third-order valence-corrected chi connectivity index (χ3v) is 2.91. The monoisotopic (exact) mass is 270 g/mol. The van der Waals surface area contributed by atoms with Crippen molar-refractivity contribution in [3.05, 3.63) is 60.2 Å². The number of ether oxygens (including phenoxy) is 2. The Bertz CT molecular complexity index is 506. The lowest BCUT2D eigenvalue weighted by atomic mass is 10.0. The first-order valence-electron chi connectivity index (χ1n) is 7.13. The Labute approximate surface area is 121 Å². The molecule has 20 heavy (non-hydrogen) atoms. The fraction of sp³-hybridized carbons (Fsp3) is 0.333. The molecule has 0 spiro atoms. The van der Waals surface area contributed by atoms with E-state index in [-0.39, 0.29) is 0 Å². The zero-order valence-electron chi connectivity index (χ0n) is 12.2. The number of para-hydroxylation sites is 1. The lowest BCUT2D eigenvalue weighted by molar-refractivity contribution is 0.217. The van der Waals surface area contributed by atoms with E-state index in [9.17, 15) is 0 Å². The lowest BCUT2D eigenvalue weighted by Gasteiger charge is -2.10. The number of hydrogen-bond acceptors (Lipinski definition) is 2. The van der Waals surface area contributed by atoms with Crippen molar-refractivity contribution in [1.29, 1.82) is 0 Å². The molecule has 2 nitrogen and oxygen atoms in total. The predicted molar refractivity (Wildman–Crippen MR) is 82.4 cm³/mol. The van der Waals surface area contributed by atoms with Gasteiger partial charge in [0.25, 0.3) is 0 Å². The van der Waals surface area contributed by atoms with Crippen LogP contribution in [0.2, 0.25) is 0 Å². The molecule has 0 unspecified atom stereocenters. The van der Waals surface area contributed by atoms with Crippen molar-refractivity contribution in [1.82, 2.24) is 0 Å². The molecule has 0 aromatic heterocycles. The second-order valence-corrected chi connectivity index (χ2v) is 5.26. The maximum Gasteiger partial charge on any atom is 0.122 e. The van der Waals surface area contributed by atoms with Crippen LogP contribution in [0.5, 0.6) is 11.5 Å². The highest BCUT2D eigenvalue weighted by molar-refractivity contribution is 5.28. The van der Waals surface area contributed by atoms with E-state index >= 15 is 0 Å². The van der Waals surface area contributed by atoms with Gasteiger partial charge < -0.3 is 9.47 Å². The average Bonchev–Trinajstić information content (AvgIpc) is 2.44. The minimum Gasteiger partial charge on any atom is -0.490 e. The predicted octanol–water partition coefficient (Wildman–Crippen LogP) is 4.34. The Morgan fingerprint density at radius 3 is 2.15 bits per heavy atom. The average molecular weight is 270 g/mol. The second kappa shape index (κ2) is 7.59. The minimum atomic E-state index is 0.554. The smallest absolute Gasteiger partial charge is 0.122 e. The van der Waals surface area contributed by atoms with Gasteiger partial charge in [-0.25, -0.2) is 0 Å². The van der Waals surface area contributed by atoms with Crippen LogP contribution in [0, 0.1) is 5.92 Å². The van der Waals surface area contributed by atoms with Crippen molar-refractivity contribution in [3.8, 4) is 11.5 Å². The summed E-state index contributed by atoms with van der Waals surface area (Å²) >= 11 is 0. The number of rotatable bonds is 7. The van der Waals surface area contributed by atoms with Crippen LogP contribution in [0.3, 0.4) is 0 Å². The summed E-state index contributed by atoms with van der Waals surface area (Å²) < 4.78 is 11.3. The lowest BCUT2D eigenvalue weighted by Crippen LogP contribution is -2.09. The zero-order valence-corrected chi connectivity index (χ0v) is 12.2. The highest BCUT2D eigenvalue weighted by Crippen LogP contribution is 2.16. The SMILES string of the molecule is CC(C)Cc1cccc(OCCOc2ccccc2)c1. The second-order valence-electron chi connectivity index (χ2n) is 5.26. The van der Waals surface area contributed by atoms with Gasteiger partial charge in [-0.15, -0.1) is 0 Å². The zero-order chi connectivity index (χ0) is 14.2. The van der Waals surface area contributed by atoms with Crippen LogP contribution in [-0.2, 0) is 6.42 Å². The van der Waals surface area contributed by atoms with Gasteiger partial charge in [-0.2, -0.15) is 0 Å². The van der Waals surface area contributed by atoms with Crippen LogP contribution in [0.4, 0.5) is 0 Å². The Hall–Kier alpha value is -1.96. The van der Waals surface area contributed by atoms with Crippen LogP contribution in [0.1, 0.15) is 19.4 Å².